The van der Waals surface area contributed by atoms with E-state index in [9.17, 15) is 9.59 Å². The van der Waals surface area contributed by atoms with Gasteiger partial charge in [-0.3, -0.25) is 4.79 Å². The van der Waals surface area contributed by atoms with E-state index in [0.29, 0.717) is 27.3 Å². The Bertz CT molecular complexity index is 1090. The molecule has 20 heavy (non-hydrogen) atoms. The summed E-state index contributed by atoms with van der Waals surface area (Å²) in [4.78, 5) is 27.2. The predicted octanol–water partition coefficient (Wildman–Crippen LogP) is 2.79. The average Bonchev–Trinajstić information content (AvgIpc) is 2.47. The van der Waals surface area contributed by atoms with Gasteiger partial charge in [0.05, 0.1) is 10.9 Å². The first kappa shape index (κ1) is 11.0. The fourth-order valence-corrected chi connectivity index (χ4v) is 2.60. The number of aromatic nitrogens is 1. The van der Waals surface area contributed by atoms with Crippen LogP contribution in [0, 0.1) is 0 Å². The standard InChI is InChI=1S/C16H9NO3/c18-15-10-6-2-1-5-9(10)13-14(17-15)11-7-3-4-8-12(11)20-16(13)19/h1-8H,(H,17,18). The molecule has 0 aliphatic rings. The minimum atomic E-state index is -0.439. The Balaban J connectivity index is 2.46. The Hall–Kier alpha value is -2.88. The van der Waals surface area contributed by atoms with Gasteiger partial charge in [-0.15, -0.1) is 0 Å². The van der Waals surface area contributed by atoms with Gasteiger partial charge in [-0.2, -0.15) is 0 Å². The van der Waals surface area contributed by atoms with Crippen LogP contribution in [0.4, 0.5) is 0 Å². The van der Waals surface area contributed by atoms with Crippen LogP contribution in [0.2, 0.25) is 0 Å². The fourth-order valence-electron chi connectivity index (χ4n) is 2.60. The van der Waals surface area contributed by atoms with Gasteiger partial charge in [0.2, 0.25) is 0 Å². The largest absolute Gasteiger partial charge is 0.422 e. The van der Waals surface area contributed by atoms with Crippen molar-refractivity contribution in [1.82, 2.24) is 4.98 Å². The maximum atomic E-state index is 12.2. The second-order valence-corrected chi connectivity index (χ2v) is 4.64. The van der Waals surface area contributed by atoms with Crippen LogP contribution in [0.25, 0.3) is 32.6 Å². The highest BCUT2D eigenvalue weighted by Gasteiger charge is 2.12. The van der Waals surface area contributed by atoms with Gasteiger partial charge in [0.15, 0.2) is 0 Å². The highest BCUT2D eigenvalue weighted by atomic mass is 16.4. The van der Waals surface area contributed by atoms with E-state index in [1.165, 1.54) is 0 Å². The van der Waals surface area contributed by atoms with Crippen molar-refractivity contribution in [3.63, 3.8) is 0 Å². The van der Waals surface area contributed by atoms with Crippen molar-refractivity contribution in [3.05, 3.63) is 69.3 Å². The van der Waals surface area contributed by atoms with Crippen molar-refractivity contribution >= 4 is 32.6 Å². The van der Waals surface area contributed by atoms with Gasteiger partial charge in [0.25, 0.3) is 5.56 Å². The van der Waals surface area contributed by atoms with Crippen LogP contribution in [-0.2, 0) is 0 Å². The molecule has 0 amide bonds. The van der Waals surface area contributed by atoms with Crippen molar-refractivity contribution in [2.45, 2.75) is 0 Å². The number of benzene rings is 2. The van der Waals surface area contributed by atoms with Crippen molar-refractivity contribution < 1.29 is 4.42 Å². The fraction of sp³-hybridized carbons (Fsp3) is 0. The highest BCUT2D eigenvalue weighted by molar-refractivity contribution is 6.12. The van der Waals surface area contributed by atoms with E-state index in [0.717, 1.165) is 5.39 Å². The van der Waals surface area contributed by atoms with Crippen LogP contribution in [-0.4, -0.2) is 4.98 Å². The lowest BCUT2D eigenvalue weighted by Crippen LogP contribution is -2.11. The lowest BCUT2D eigenvalue weighted by Gasteiger charge is -2.05. The Kier molecular flexibility index (Phi) is 2.09. The molecule has 0 unspecified atom stereocenters. The molecule has 0 aliphatic heterocycles. The van der Waals surface area contributed by atoms with Gasteiger partial charge in [-0.25, -0.2) is 4.79 Å². The van der Waals surface area contributed by atoms with E-state index in [-0.39, 0.29) is 5.56 Å². The summed E-state index contributed by atoms with van der Waals surface area (Å²) < 4.78 is 5.35. The molecule has 0 radical (unpaired) electrons. The second-order valence-electron chi connectivity index (χ2n) is 4.64. The van der Waals surface area contributed by atoms with Crippen LogP contribution in [0.3, 0.4) is 0 Å². The Labute approximate surface area is 112 Å². The molecule has 2 aromatic carbocycles. The maximum Gasteiger partial charge on any atom is 0.346 e. The monoisotopic (exact) mass is 263 g/mol. The van der Waals surface area contributed by atoms with Gasteiger partial charge in [0.1, 0.15) is 5.58 Å². The second kappa shape index (κ2) is 3.81. The first-order valence-corrected chi connectivity index (χ1v) is 6.22. The van der Waals surface area contributed by atoms with E-state index >= 15 is 0 Å². The van der Waals surface area contributed by atoms with Gasteiger partial charge in [0, 0.05) is 16.2 Å². The molecule has 2 aromatic heterocycles. The van der Waals surface area contributed by atoms with Gasteiger partial charge >= 0.3 is 5.63 Å². The number of nitrogens with one attached hydrogen (secondary N) is 1. The van der Waals surface area contributed by atoms with Gasteiger partial charge < -0.3 is 9.40 Å². The summed E-state index contributed by atoms with van der Waals surface area (Å²) in [6.45, 7) is 0. The van der Waals surface area contributed by atoms with Crippen LogP contribution < -0.4 is 11.2 Å². The highest BCUT2D eigenvalue weighted by Crippen LogP contribution is 2.24. The summed E-state index contributed by atoms with van der Waals surface area (Å²) in [7, 11) is 0. The molecular formula is C16H9NO3. The zero-order valence-electron chi connectivity index (χ0n) is 10.3. The van der Waals surface area contributed by atoms with Crippen molar-refractivity contribution in [2.75, 3.05) is 0 Å². The lowest BCUT2D eigenvalue weighted by atomic mass is 10.1. The van der Waals surface area contributed by atoms with E-state index in [1.54, 1.807) is 36.4 Å². The lowest BCUT2D eigenvalue weighted by molar-refractivity contribution is 0.570. The van der Waals surface area contributed by atoms with Crippen molar-refractivity contribution in [3.8, 4) is 0 Å². The topological polar surface area (TPSA) is 63.1 Å². The summed E-state index contributed by atoms with van der Waals surface area (Å²) >= 11 is 0. The molecule has 2 heterocycles. The quantitative estimate of drug-likeness (QED) is 0.392. The molecule has 96 valence electrons. The van der Waals surface area contributed by atoms with Crippen LogP contribution in [0.1, 0.15) is 0 Å². The number of hydrogen-bond acceptors (Lipinski definition) is 3. The molecule has 0 saturated heterocycles. The van der Waals surface area contributed by atoms with E-state index in [4.69, 9.17) is 4.42 Å². The third-order valence-electron chi connectivity index (χ3n) is 3.49. The first-order chi connectivity index (χ1) is 9.75. The number of H-pyrrole nitrogens is 1. The summed E-state index contributed by atoms with van der Waals surface area (Å²) in [5, 5.41) is 2.25. The van der Waals surface area contributed by atoms with E-state index in [2.05, 4.69) is 4.98 Å². The maximum absolute atomic E-state index is 12.2. The molecule has 4 rings (SSSR count). The molecule has 4 heteroatoms. The Morgan fingerprint density at radius 3 is 2.25 bits per heavy atom. The molecule has 0 saturated carbocycles. The van der Waals surface area contributed by atoms with Gasteiger partial charge in [-0.05, 0) is 18.2 Å². The number of fused-ring (bicyclic) bond motifs is 5. The zero-order valence-corrected chi connectivity index (χ0v) is 10.3. The summed E-state index contributed by atoms with van der Waals surface area (Å²) in [6.07, 6.45) is 0. The zero-order chi connectivity index (χ0) is 13.7. The van der Waals surface area contributed by atoms with Crippen LogP contribution in [0.5, 0.6) is 0 Å². The molecular weight excluding hydrogens is 254 g/mol. The Morgan fingerprint density at radius 1 is 0.800 bits per heavy atom. The summed E-state index contributed by atoms with van der Waals surface area (Å²) in [5.74, 6) is 0. The number of aromatic amines is 1. The third kappa shape index (κ3) is 1.36. The molecule has 0 fully saturated rings. The number of para-hydroxylation sites is 1. The van der Waals surface area contributed by atoms with Crippen molar-refractivity contribution in [2.24, 2.45) is 0 Å². The smallest absolute Gasteiger partial charge is 0.346 e. The number of hydrogen-bond donors (Lipinski definition) is 1. The SMILES string of the molecule is O=c1[nH]c2c3ccccc3oc(=O)c2c2ccccc12. The molecule has 0 aliphatic carbocycles. The minimum absolute atomic E-state index is 0.205. The molecule has 4 aromatic rings. The number of pyridine rings is 1. The normalized spacial score (nSPS) is 11.4. The van der Waals surface area contributed by atoms with Crippen LogP contribution >= 0.6 is 0 Å². The molecule has 1 N–H and O–H groups in total. The Morgan fingerprint density at radius 2 is 1.45 bits per heavy atom. The molecule has 0 bridgehead atoms. The molecule has 0 atom stereocenters. The third-order valence-corrected chi connectivity index (χ3v) is 3.49. The minimum Gasteiger partial charge on any atom is -0.422 e. The molecule has 4 nitrogen and oxygen atoms in total. The predicted molar refractivity (Wildman–Crippen MR) is 78.1 cm³/mol. The van der Waals surface area contributed by atoms with E-state index in [1.807, 2.05) is 12.1 Å². The van der Waals surface area contributed by atoms with Gasteiger partial charge in [-0.1, -0.05) is 30.3 Å². The average molecular weight is 263 g/mol. The summed E-state index contributed by atoms with van der Waals surface area (Å²) in [5.41, 5.74) is 0.353. The van der Waals surface area contributed by atoms with Crippen molar-refractivity contribution in [1.29, 1.82) is 0 Å². The molecule has 0 spiro atoms. The first-order valence-electron chi connectivity index (χ1n) is 6.22. The van der Waals surface area contributed by atoms with E-state index < -0.39 is 5.63 Å². The number of rotatable bonds is 0. The van der Waals surface area contributed by atoms with Crippen LogP contribution in [0.15, 0.2) is 62.5 Å². The summed E-state index contributed by atoms with van der Waals surface area (Å²) in [6, 6.07) is 14.2.